The van der Waals surface area contributed by atoms with Crippen LogP contribution in [-0.2, 0) is 11.2 Å². The molecule has 2 aromatic rings. The number of rotatable bonds is 5. The van der Waals surface area contributed by atoms with Crippen molar-refractivity contribution in [2.24, 2.45) is 0 Å². The molecule has 0 saturated carbocycles. The van der Waals surface area contributed by atoms with Gasteiger partial charge in [-0.2, -0.15) is 0 Å². The first-order valence-electron chi connectivity index (χ1n) is 7.07. The molecule has 0 aliphatic carbocycles. The van der Waals surface area contributed by atoms with Crippen molar-refractivity contribution in [3.63, 3.8) is 0 Å². The van der Waals surface area contributed by atoms with E-state index in [4.69, 9.17) is 16.6 Å². The van der Waals surface area contributed by atoms with Gasteiger partial charge in [0.15, 0.2) is 0 Å². The molecule has 112 valence electrons. The van der Waals surface area contributed by atoms with E-state index < -0.39 is 0 Å². The van der Waals surface area contributed by atoms with Gasteiger partial charge in [0.25, 0.3) is 5.91 Å². The van der Waals surface area contributed by atoms with Crippen LogP contribution in [0.4, 0.5) is 0 Å². The molecule has 1 aliphatic rings. The number of benzene rings is 1. The van der Waals surface area contributed by atoms with Crippen molar-refractivity contribution < 1.29 is 9.21 Å². The lowest BCUT2D eigenvalue weighted by Gasteiger charge is -2.14. The Hall–Kier alpha value is -1.85. The van der Waals surface area contributed by atoms with Gasteiger partial charge in [0.05, 0.1) is 11.2 Å². The third-order valence-electron chi connectivity index (χ3n) is 3.38. The van der Waals surface area contributed by atoms with Crippen LogP contribution in [0.15, 0.2) is 58.1 Å². The van der Waals surface area contributed by atoms with Gasteiger partial charge in [-0.05, 0) is 30.5 Å². The third-order valence-corrected chi connectivity index (χ3v) is 4.76. The maximum absolute atomic E-state index is 12.4. The summed E-state index contributed by atoms with van der Waals surface area (Å²) < 4.78 is 5.87. The molecule has 1 aromatic carbocycles. The van der Waals surface area contributed by atoms with Crippen molar-refractivity contribution in [3.05, 3.63) is 65.0 Å². The standard InChI is InChI=1S/C17H15NO2S2/c19-16-15(12-14-9-5-11-20-14)22-17(21)18(16)10-4-8-13-6-2-1-3-7-13/h1-3,5-7,9,11-12H,4,8,10H2/b15-12-. The van der Waals surface area contributed by atoms with Gasteiger partial charge in [-0.1, -0.05) is 54.3 Å². The topological polar surface area (TPSA) is 33.5 Å². The fourth-order valence-electron chi connectivity index (χ4n) is 2.28. The van der Waals surface area contributed by atoms with Crippen molar-refractivity contribution >= 4 is 40.3 Å². The highest BCUT2D eigenvalue weighted by Gasteiger charge is 2.31. The molecule has 1 amide bonds. The molecule has 5 heteroatoms. The van der Waals surface area contributed by atoms with Crippen molar-refractivity contribution in [3.8, 4) is 0 Å². The fourth-order valence-corrected chi connectivity index (χ4v) is 3.57. The minimum absolute atomic E-state index is 0.0283. The Kier molecular flexibility index (Phi) is 4.75. The zero-order chi connectivity index (χ0) is 15.4. The predicted molar refractivity (Wildman–Crippen MR) is 93.4 cm³/mol. The van der Waals surface area contributed by atoms with Gasteiger partial charge in [-0.25, -0.2) is 0 Å². The van der Waals surface area contributed by atoms with E-state index in [9.17, 15) is 4.79 Å². The smallest absolute Gasteiger partial charge is 0.266 e. The number of thioether (sulfide) groups is 1. The molecule has 1 aliphatic heterocycles. The molecule has 3 nitrogen and oxygen atoms in total. The van der Waals surface area contributed by atoms with Crippen molar-refractivity contribution in [1.82, 2.24) is 4.90 Å². The van der Waals surface area contributed by atoms with Gasteiger partial charge in [0, 0.05) is 12.6 Å². The number of thiocarbonyl (C=S) groups is 1. The van der Waals surface area contributed by atoms with E-state index in [1.54, 1.807) is 23.3 Å². The van der Waals surface area contributed by atoms with E-state index in [0.29, 0.717) is 21.5 Å². The largest absolute Gasteiger partial charge is 0.465 e. The van der Waals surface area contributed by atoms with E-state index >= 15 is 0 Å². The second-order valence-electron chi connectivity index (χ2n) is 4.94. The van der Waals surface area contributed by atoms with Crippen LogP contribution in [0.2, 0.25) is 0 Å². The molecule has 0 N–H and O–H groups in total. The highest BCUT2D eigenvalue weighted by atomic mass is 32.2. The first-order valence-corrected chi connectivity index (χ1v) is 8.29. The molecule has 0 atom stereocenters. The van der Waals surface area contributed by atoms with Gasteiger partial charge in [0.2, 0.25) is 0 Å². The first-order chi connectivity index (χ1) is 10.7. The molecule has 1 aromatic heterocycles. The number of aryl methyl sites for hydroxylation is 1. The van der Waals surface area contributed by atoms with Crippen molar-refractivity contribution in [2.75, 3.05) is 6.54 Å². The lowest BCUT2D eigenvalue weighted by molar-refractivity contribution is -0.122. The van der Waals surface area contributed by atoms with Crippen LogP contribution in [-0.4, -0.2) is 21.7 Å². The number of amides is 1. The Labute approximate surface area is 139 Å². The molecule has 1 fully saturated rings. The van der Waals surface area contributed by atoms with Crippen LogP contribution in [0, 0.1) is 0 Å². The molecule has 1 saturated heterocycles. The molecule has 0 spiro atoms. The molecule has 0 unspecified atom stereocenters. The molecular weight excluding hydrogens is 314 g/mol. The van der Waals surface area contributed by atoms with Crippen LogP contribution < -0.4 is 0 Å². The monoisotopic (exact) mass is 329 g/mol. The minimum Gasteiger partial charge on any atom is -0.465 e. The average molecular weight is 329 g/mol. The second-order valence-corrected chi connectivity index (χ2v) is 6.61. The van der Waals surface area contributed by atoms with Gasteiger partial charge in [-0.3, -0.25) is 9.69 Å². The highest BCUT2D eigenvalue weighted by molar-refractivity contribution is 8.26. The van der Waals surface area contributed by atoms with Crippen LogP contribution in [0.3, 0.4) is 0 Å². The summed E-state index contributed by atoms with van der Waals surface area (Å²) in [7, 11) is 0. The predicted octanol–water partition coefficient (Wildman–Crippen LogP) is 4.11. The Morgan fingerprint density at radius 1 is 1.18 bits per heavy atom. The van der Waals surface area contributed by atoms with Crippen LogP contribution in [0.5, 0.6) is 0 Å². The molecule has 22 heavy (non-hydrogen) atoms. The third kappa shape index (κ3) is 3.48. The quantitative estimate of drug-likeness (QED) is 0.610. The van der Waals surface area contributed by atoms with Crippen LogP contribution >= 0.6 is 24.0 Å². The zero-order valence-electron chi connectivity index (χ0n) is 11.9. The van der Waals surface area contributed by atoms with Crippen molar-refractivity contribution in [2.45, 2.75) is 12.8 Å². The van der Waals surface area contributed by atoms with Gasteiger partial charge < -0.3 is 4.42 Å². The highest BCUT2D eigenvalue weighted by Crippen LogP contribution is 2.32. The first kappa shape index (κ1) is 15.1. The lowest BCUT2D eigenvalue weighted by Crippen LogP contribution is -2.29. The fraction of sp³-hybridized carbons (Fsp3) is 0.176. The Morgan fingerprint density at radius 3 is 2.73 bits per heavy atom. The number of hydrogen-bond donors (Lipinski definition) is 0. The van der Waals surface area contributed by atoms with E-state index in [0.717, 1.165) is 12.8 Å². The Morgan fingerprint density at radius 2 is 2.00 bits per heavy atom. The maximum atomic E-state index is 12.4. The SMILES string of the molecule is O=C1/C(=C/c2ccco2)SC(=S)N1CCCc1ccccc1. The van der Waals surface area contributed by atoms with E-state index in [-0.39, 0.29) is 5.91 Å². The maximum Gasteiger partial charge on any atom is 0.266 e. The summed E-state index contributed by atoms with van der Waals surface area (Å²) in [6.45, 7) is 0.648. The summed E-state index contributed by atoms with van der Waals surface area (Å²) in [6, 6.07) is 13.9. The zero-order valence-corrected chi connectivity index (χ0v) is 13.5. The Balaban J connectivity index is 1.60. The number of hydrogen-bond acceptors (Lipinski definition) is 4. The van der Waals surface area contributed by atoms with Gasteiger partial charge in [0.1, 0.15) is 10.1 Å². The number of nitrogens with zero attached hydrogens (tertiary/aromatic N) is 1. The molecular formula is C17H15NO2S2. The van der Waals surface area contributed by atoms with Crippen LogP contribution in [0.25, 0.3) is 6.08 Å². The van der Waals surface area contributed by atoms with Crippen molar-refractivity contribution in [1.29, 1.82) is 0 Å². The number of carbonyl (C=O) groups is 1. The molecule has 0 radical (unpaired) electrons. The normalized spacial score (nSPS) is 16.7. The summed E-state index contributed by atoms with van der Waals surface area (Å²) in [4.78, 5) is 14.7. The van der Waals surface area contributed by atoms with E-state index in [2.05, 4.69) is 12.1 Å². The Bertz CT molecular complexity index is 693. The number of furan rings is 1. The lowest BCUT2D eigenvalue weighted by atomic mass is 10.1. The summed E-state index contributed by atoms with van der Waals surface area (Å²) in [5, 5.41) is 0. The van der Waals surface area contributed by atoms with Gasteiger partial charge >= 0.3 is 0 Å². The number of carbonyl (C=O) groups excluding carboxylic acids is 1. The minimum atomic E-state index is -0.0283. The molecule has 0 bridgehead atoms. The molecule has 3 rings (SSSR count). The van der Waals surface area contributed by atoms with E-state index in [1.807, 2.05) is 24.3 Å². The molecule has 2 heterocycles. The van der Waals surface area contributed by atoms with E-state index in [1.165, 1.54) is 17.3 Å². The summed E-state index contributed by atoms with van der Waals surface area (Å²) in [6.07, 6.45) is 5.17. The summed E-state index contributed by atoms with van der Waals surface area (Å²) in [5.74, 6) is 0.643. The van der Waals surface area contributed by atoms with Gasteiger partial charge in [-0.15, -0.1) is 0 Å². The van der Waals surface area contributed by atoms with Crippen LogP contribution in [0.1, 0.15) is 17.7 Å². The summed E-state index contributed by atoms with van der Waals surface area (Å²) >= 11 is 6.65. The second kappa shape index (κ2) is 6.94. The average Bonchev–Trinajstić information content (AvgIpc) is 3.12. The summed E-state index contributed by atoms with van der Waals surface area (Å²) in [5.41, 5.74) is 1.28.